The van der Waals surface area contributed by atoms with Crippen molar-refractivity contribution in [2.24, 2.45) is 22.9 Å². The lowest BCUT2D eigenvalue weighted by molar-refractivity contribution is 0.359. The molecular weight excluding hydrogens is 104 g/mol. The SMILES string of the molecule is CCC(N)C(N)(N)N. The molecule has 0 spiro atoms. The van der Waals surface area contributed by atoms with Crippen molar-refractivity contribution >= 4 is 0 Å². The van der Waals surface area contributed by atoms with E-state index in [1.54, 1.807) is 0 Å². The third-order valence-electron chi connectivity index (χ3n) is 1.08. The molecule has 0 aliphatic carbocycles. The third kappa shape index (κ3) is 2.23. The highest BCUT2D eigenvalue weighted by atomic mass is 15.2. The Hall–Kier alpha value is -0.160. The first kappa shape index (κ1) is 7.84. The molecule has 0 rings (SSSR count). The Bertz CT molecular complexity index is 64.9. The molecule has 0 saturated carbocycles. The molecule has 0 aliphatic rings. The van der Waals surface area contributed by atoms with Crippen molar-refractivity contribution in [3.05, 3.63) is 0 Å². The summed E-state index contributed by atoms with van der Waals surface area (Å²) in [6, 6.07) is -0.317. The van der Waals surface area contributed by atoms with Crippen LogP contribution in [0.2, 0.25) is 0 Å². The van der Waals surface area contributed by atoms with Gasteiger partial charge in [-0.1, -0.05) is 6.92 Å². The highest BCUT2D eigenvalue weighted by molar-refractivity contribution is 4.80. The van der Waals surface area contributed by atoms with Crippen molar-refractivity contribution in [3.63, 3.8) is 0 Å². The Kier molecular flexibility index (Phi) is 2.36. The Balaban J connectivity index is 3.62. The van der Waals surface area contributed by atoms with Gasteiger partial charge in [0.15, 0.2) is 0 Å². The minimum absolute atomic E-state index is 0.317. The predicted octanol–water partition coefficient (Wildman–Crippen LogP) is -1.75. The van der Waals surface area contributed by atoms with Gasteiger partial charge in [-0.3, -0.25) is 17.2 Å². The molecule has 8 N–H and O–H groups in total. The van der Waals surface area contributed by atoms with Gasteiger partial charge in [-0.05, 0) is 6.42 Å². The van der Waals surface area contributed by atoms with E-state index < -0.39 is 5.79 Å². The Labute approximate surface area is 49.2 Å². The minimum Gasteiger partial charge on any atom is -0.324 e. The van der Waals surface area contributed by atoms with Crippen molar-refractivity contribution < 1.29 is 0 Å². The molecule has 50 valence electrons. The summed E-state index contributed by atoms with van der Waals surface area (Å²) in [4.78, 5) is 0. The number of hydrogen-bond acceptors (Lipinski definition) is 4. The van der Waals surface area contributed by atoms with Crippen LogP contribution in [0, 0.1) is 0 Å². The smallest absolute Gasteiger partial charge is 0.131 e. The van der Waals surface area contributed by atoms with Crippen LogP contribution in [0.1, 0.15) is 13.3 Å². The highest BCUT2D eigenvalue weighted by Gasteiger charge is 2.19. The van der Waals surface area contributed by atoms with E-state index in [2.05, 4.69) is 0 Å². The van der Waals surface area contributed by atoms with E-state index in [9.17, 15) is 0 Å². The van der Waals surface area contributed by atoms with Crippen molar-refractivity contribution in [3.8, 4) is 0 Å². The molecule has 4 nitrogen and oxygen atoms in total. The second-order valence-electron chi connectivity index (χ2n) is 2.01. The maximum atomic E-state index is 5.38. The zero-order valence-electron chi connectivity index (χ0n) is 5.09. The van der Waals surface area contributed by atoms with Gasteiger partial charge in [-0.2, -0.15) is 0 Å². The fraction of sp³-hybridized carbons (Fsp3) is 1.00. The van der Waals surface area contributed by atoms with Crippen molar-refractivity contribution in [2.45, 2.75) is 25.2 Å². The summed E-state index contributed by atoms with van der Waals surface area (Å²) < 4.78 is 0. The maximum absolute atomic E-state index is 5.38. The van der Waals surface area contributed by atoms with E-state index in [0.717, 1.165) is 0 Å². The van der Waals surface area contributed by atoms with Crippen LogP contribution in [0.3, 0.4) is 0 Å². The van der Waals surface area contributed by atoms with Crippen LogP contribution in [-0.4, -0.2) is 11.8 Å². The lowest BCUT2D eigenvalue weighted by atomic mass is 10.1. The first-order chi connectivity index (χ1) is 3.48. The molecule has 0 radical (unpaired) electrons. The summed E-state index contributed by atoms with van der Waals surface area (Å²) in [6.07, 6.45) is 0.698. The van der Waals surface area contributed by atoms with Crippen LogP contribution in [0.5, 0.6) is 0 Å². The molecule has 0 aliphatic heterocycles. The predicted molar refractivity (Wildman–Crippen MR) is 33.6 cm³/mol. The van der Waals surface area contributed by atoms with Gasteiger partial charge >= 0.3 is 0 Å². The van der Waals surface area contributed by atoms with Crippen molar-refractivity contribution in [1.29, 1.82) is 0 Å². The Morgan fingerprint density at radius 3 is 1.75 bits per heavy atom. The van der Waals surface area contributed by atoms with Crippen LogP contribution >= 0.6 is 0 Å². The van der Waals surface area contributed by atoms with E-state index in [0.29, 0.717) is 6.42 Å². The van der Waals surface area contributed by atoms with Gasteiger partial charge in [-0.15, -0.1) is 0 Å². The molecule has 0 aromatic carbocycles. The van der Waals surface area contributed by atoms with Gasteiger partial charge in [0.1, 0.15) is 5.79 Å². The van der Waals surface area contributed by atoms with Gasteiger partial charge in [0.2, 0.25) is 0 Å². The summed E-state index contributed by atoms with van der Waals surface area (Å²) in [5.74, 6) is -1.21. The molecule has 1 atom stereocenters. The molecule has 0 amide bonds. The molecule has 0 aromatic heterocycles. The zero-order chi connectivity index (χ0) is 6.78. The maximum Gasteiger partial charge on any atom is 0.131 e. The largest absolute Gasteiger partial charge is 0.324 e. The number of rotatable bonds is 2. The molecule has 0 aromatic rings. The van der Waals surface area contributed by atoms with E-state index >= 15 is 0 Å². The van der Waals surface area contributed by atoms with E-state index in [1.165, 1.54) is 0 Å². The van der Waals surface area contributed by atoms with Crippen molar-refractivity contribution in [1.82, 2.24) is 0 Å². The molecule has 0 fully saturated rings. The number of nitrogens with two attached hydrogens (primary N) is 4. The molecule has 8 heavy (non-hydrogen) atoms. The van der Waals surface area contributed by atoms with Gasteiger partial charge in [0.25, 0.3) is 0 Å². The molecule has 1 unspecified atom stereocenters. The van der Waals surface area contributed by atoms with Crippen LogP contribution in [0.15, 0.2) is 0 Å². The molecular formula is C4H14N4. The second kappa shape index (κ2) is 2.41. The quantitative estimate of drug-likeness (QED) is 0.323. The fourth-order valence-corrected chi connectivity index (χ4v) is 0.354. The van der Waals surface area contributed by atoms with Crippen LogP contribution in [-0.2, 0) is 0 Å². The number of hydrogen-bond donors (Lipinski definition) is 4. The Morgan fingerprint density at radius 1 is 1.38 bits per heavy atom. The summed E-state index contributed by atoms with van der Waals surface area (Å²) >= 11 is 0. The summed E-state index contributed by atoms with van der Waals surface area (Å²) in [5, 5.41) is 0. The van der Waals surface area contributed by atoms with Gasteiger partial charge in [0, 0.05) is 6.04 Å². The monoisotopic (exact) mass is 118 g/mol. The lowest BCUT2D eigenvalue weighted by Crippen LogP contribution is -2.68. The molecule has 4 heteroatoms. The normalized spacial score (nSPS) is 16.1. The fourth-order valence-electron chi connectivity index (χ4n) is 0.354. The van der Waals surface area contributed by atoms with Crippen molar-refractivity contribution in [2.75, 3.05) is 0 Å². The first-order valence-corrected chi connectivity index (χ1v) is 2.60. The first-order valence-electron chi connectivity index (χ1n) is 2.60. The van der Waals surface area contributed by atoms with Gasteiger partial charge in [-0.25, -0.2) is 0 Å². The van der Waals surface area contributed by atoms with E-state index in [1.807, 2.05) is 6.92 Å². The second-order valence-corrected chi connectivity index (χ2v) is 2.01. The minimum atomic E-state index is -1.21. The zero-order valence-corrected chi connectivity index (χ0v) is 5.09. The highest BCUT2D eigenvalue weighted by Crippen LogP contribution is 1.91. The topological polar surface area (TPSA) is 104 Å². The van der Waals surface area contributed by atoms with E-state index in [4.69, 9.17) is 22.9 Å². The summed E-state index contributed by atoms with van der Waals surface area (Å²) in [5.41, 5.74) is 21.0. The lowest BCUT2D eigenvalue weighted by Gasteiger charge is -2.24. The average molecular weight is 118 g/mol. The molecule has 0 saturated heterocycles. The third-order valence-corrected chi connectivity index (χ3v) is 1.08. The van der Waals surface area contributed by atoms with Gasteiger partial charge < -0.3 is 5.73 Å². The standard InChI is InChI=1S/C4H14N4/c1-2-3(5)4(6,7)8/h3H,2,5-8H2,1H3. The van der Waals surface area contributed by atoms with Crippen LogP contribution in [0.4, 0.5) is 0 Å². The Morgan fingerprint density at radius 2 is 1.75 bits per heavy atom. The summed E-state index contributed by atoms with van der Waals surface area (Å²) in [7, 11) is 0. The van der Waals surface area contributed by atoms with Crippen LogP contribution < -0.4 is 22.9 Å². The van der Waals surface area contributed by atoms with Gasteiger partial charge in [0.05, 0.1) is 0 Å². The molecule has 0 heterocycles. The summed E-state index contributed by atoms with van der Waals surface area (Å²) in [6.45, 7) is 1.88. The van der Waals surface area contributed by atoms with E-state index in [-0.39, 0.29) is 6.04 Å². The average Bonchev–Trinajstić information content (AvgIpc) is 1.62. The molecule has 0 bridgehead atoms. The van der Waals surface area contributed by atoms with Crippen LogP contribution in [0.25, 0.3) is 0 Å².